The number of carbonyl (C=O) groups excluding carboxylic acids is 3. The molecule has 1 spiro atoms. The van der Waals surface area contributed by atoms with Crippen LogP contribution in [0, 0.1) is 11.8 Å². The highest BCUT2D eigenvalue weighted by Crippen LogP contribution is 2.66. The summed E-state index contributed by atoms with van der Waals surface area (Å²) in [5, 5.41) is 17.2. The highest BCUT2D eigenvalue weighted by atomic mass is 32.2. The summed E-state index contributed by atoms with van der Waals surface area (Å²) in [6.45, 7) is 0.446. The number of thioether (sulfide) groups is 1. The molecule has 0 radical (unpaired) electrons. The number of unbranched alkanes of at least 4 members (excludes halogenated alkanes) is 1. The van der Waals surface area contributed by atoms with Crippen molar-refractivity contribution in [1.29, 1.82) is 0 Å². The topological polar surface area (TPSA) is 98.7 Å². The monoisotopic (exact) mass is 467 g/mol. The molecular weight excluding hydrogens is 438 g/mol. The van der Waals surface area contributed by atoms with Crippen LogP contribution in [0.15, 0.2) is 42.5 Å². The van der Waals surface area contributed by atoms with Crippen molar-refractivity contribution in [3.63, 3.8) is 0 Å². The van der Waals surface area contributed by atoms with E-state index in [1.807, 2.05) is 42.5 Å². The van der Waals surface area contributed by atoms with Gasteiger partial charge in [-0.3, -0.25) is 14.4 Å². The number of hydrogen-bond acceptors (Lipinski definition) is 5. The zero-order chi connectivity index (χ0) is 23.2. The van der Waals surface area contributed by atoms with E-state index in [0.29, 0.717) is 25.1 Å². The summed E-state index contributed by atoms with van der Waals surface area (Å²) in [6.07, 6.45) is 2.76. The molecule has 3 heterocycles. The molecule has 33 heavy (non-hydrogen) atoms. The number of aliphatic hydroxyl groups excluding tert-OH is 1. The standard InChI is InChI=1S/C25H29N3O4S/c1-26-22(30)19-18-10-11-25(33-18)20(19)24(32)28(12-4-5-13-29)21(25)23(31)27-17-9-8-15-6-2-3-7-16(15)14-17/h2-3,6-9,14,18-21,29H,4-5,10-13H2,1H3,(H,26,30)(H,27,31)/t18-,19+,20+,21?,25?/m1/s1. The van der Waals surface area contributed by atoms with Crippen molar-refractivity contribution in [3.8, 4) is 0 Å². The molecule has 2 aromatic carbocycles. The van der Waals surface area contributed by atoms with Crippen LogP contribution in [-0.4, -0.2) is 64.0 Å². The molecule has 2 unspecified atom stereocenters. The van der Waals surface area contributed by atoms with Gasteiger partial charge in [0, 0.05) is 31.1 Å². The summed E-state index contributed by atoms with van der Waals surface area (Å²) in [7, 11) is 1.61. The predicted octanol–water partition coefficient (Wildman–Crippen LogP) is 2.39. The first-order chi connectivity index (χ1) is 16.0. The lowest BCUT2D eigenvalue weighted by molar-refractivity contribution is -0.139. The number of rotatable bonds is 7. The number of likely N-dealkylation sites (tertiary alicyclic amines) is 1. The van der Waals surface area contributed by atoms with Gasteiger partial charge in [-0.2, -0.15) is 0 Å². The Bertz CT molecular complexity index is 1110. The van der Waals surface area contributed by atoms with E-state index in [9.17, 15) is 19.5 Å². The van der Waals surface area contributed by atoms with E-state index in [4.69, 9.17) is 0 Å². The maximum atomic E-state index is 13.7. The quantitative estimate of drug-likeness (QED) is 0.543. The third-order valence-corrected chi connectivity index (χ3v) is 9.37. The molecular formula is C25H29N3O4S. The first kappa shape index (κ1) is 22.2. The lowest BCUT2D eigenvalue weighted by atomic mass is 9.71. The third-order valence-electron chi connectivity index (χ3n) is 7.42. The summed E-state index contributed by atoms with van der Waals surface area (Å²) in [5.74, 6) is -1.30. The molecule has 3 amide bonds. The Kier molecular flexibility index (Phi) is 5.82. The Balaban J connectivity index is 1.47. The second-order valence-electron chi connectivity index (χ2n) is 9.18. The fraction of sp³-hybridized carbons (Fsp3) is 0.480. The van der Waals surface area contributed by atoms with Gasteiger partial charge in [-0.25, -0.2) is 0 Å². The van der Waals surface area contributed by atoms with Crippen LogP contribution in [0.3, 0.4) is 0 Å². The smallest absolute Gasteiger partial charge is 0.248 e. The second-order valence-corrected chi connectivity index (χ2v) is 10.8. The Hall–Kier alpha value is -2.58. The zero-order valence-electron chi connectivity index (χ0n) is 18.6. The molecule has 7 nitrogen and oxygen atoms in total. The first-order valence-corrected chi connectivity index (χ1v) is 12.5. The molecule has 2 aromatic rings. The number of aliphatic hydroxyl groups is 1. The van der Waals surface area contributed by atoms with Crippen LogP contribution in [0.1, 0.15) is 25.7 Å². The van der Waals surface area contributed by atoms with E-state index in [1.54, 1.807) is 23.7 Å². The van der Waals surface area contributed by atoms with Crippen LogP contribution >= 0.6 is 11.8 Å². The summed E-state index contributed by atoms with van der Waals surface area (Å²) in [4.78, 5) is 41.8. The molecule has 5 rings (SSSR count). The zero-order valence-corrected chi connectivity index (χ0v) is 19.4. The fourth-order valence-electron chi connectivity index (χ4n) is 6.03. The highest BCUT2D eigenvalue weighted by molar-refractivity contribution is 8.02. The normalized spacial score (nSPS) is 30.0. The van der Waals surface area contributed by atoms with E-state index < -0.39 is 22.6 Å². The summed E-state index contributed by atoms with van der Waals surface area (Å²) in [5.41, 5.74) is 0.696. The number of nitrogens with zero attached hydrogens (tertiary/aromatic N) is 1. The minimum absolute atomic E-state index is 0.0439. The average Bonchev–Trinajstić information content (AvgIpc) is 3.46. The minimum atomic E-state index is -0.634. The largest absolute Gasteiger partial charge is 0.396 e. The van der Waals surface area contributed by atoms with E-state index in [0.717, 1.165) is 23.6 Å². The average molecular weight is 468 g/mol. The van der Waals surface area contributed by atoms with Gasteiger partial charge in [-0.1, -0.05) is 30.3 Å². The van der Waals surface area contributed by atoms with Crippen molar-refractivity contribution in [3.05, 3.63) is 42.5 Å². The van der Waals surface area contributed by atoms with Crippen LogP contribution < -0.4 is 10.6 Å². The molecule has 5 atom stereocenters. The fourth-order valence-corrected chi connectivity index (χ4v) is 8.25. The summed E-state index contributed by atoms with van der Waals surface area (Å²) in [6, 6.07) is 13.1. The van der Waals surface area contributed by atoms with Crippen LogP contribution in [0.5, 0.6) is 0 Å². The Morgan fingerprint density at radius 2 is 1.94 bits per heavy atom. The third kappa shape index (κ3) is 3.51. The van der Waals surface area contributed by atoms with E-state index >= 15 is 0 Å². The Morgan fingerprint density at radius 3 is 2.70 bits per heavy atom. The minimum Gasteiger partial charge on any atom is -0.396 e. The van der Waals surface area contributed by atoms with Gasteiger partial charge in [0.1, 0.15) is 6.04 Å². The molecule has 3 saturated heterocycles. The maximum Gasteiger partial charge on any atom is 0.248 e. The molecule has 0 saturated carbocycles. The molecule has 0 aromatic heterocycles. The molecule has 8 heteroatoms. The van der Waals surface area contributed by atoms with Gasteiger partial charge in [-0.15, -0.1) is 11.8 Å². The van der Waals surface area contributed by atoms with Gasteiger partial charge < -0.3 is 20.6 Å². The van der Waals surface area contributed by atoms with Crippen molar-refractivity contribution >= 4 is 45.9 Å². The van der Waals surface area contributed by atoms with Gasteiger partial charge >= 0.3 is 0 Å². The lowest BCUT2D eigenvalue weighted by Gasteiger charge is -2.34. The van der Waals surface area contributed by atoms with E-state index in [2.05, 4.69) is 10.6 Å². The molecule has 174 valence electrons. The number of hydrogen-bond donors (Lipinski definition) is 3. The number of carbonyl (C=O) groups is 3. The van der Waals surface area contributed by atoms with Gasteiger partial charge in [0.2, 0.25) is 17.7 Å². The van der Waals surface area contributed by atoms with Crippen LogP contribution in [0.25, 0.3) is 10.8 Å². The molecule has 2 bridgehead atoms. The van der Waals surface area contributed by atoms with Crippen LogP contribution in [-0.2, 0) is 14.4 Å². The SMILES string of the molecule is CNC(=O)[C@@H]1[C@H]2C(=O)N(CCCCO)C(C(=O)Nc3ccc4ccccc4c3)C23CC[C@H]1S3. The number of anilines is 1. The van der Waals surface area contributed by atoms with Gasteiger partial charge in [0.05, 0.1) is 16.6 Å². The molecule has 3 fully saturated rings. The number of nitrogens with one attached hydrogen (secondary N) is 2. The van der Waals surface area contributed by atoms with Gasteiger partial charge in [0.15, 0.2) is 0 Å². The number of fused-ring (bicyclic) bond motifs is 2. The van der Waals surface area contributed by atoms with E-state index in [1.165, 1.54) is 0 Å². The Labute approximate surface area is 197 Å². The van der Waals surface area contributed by atoms with Gasteiger partial charge in [0.25, 0.3) is 0 Å². The molecule has 3 N–H and O–H groups in total. The molecule has 0 aliphatic carbocycles. The maximum absolute atomic E-state index is 13.7. The van der Waals surface area contributed by atoms with E-state index in [-0.39, 0.29) is 29.6 Å². The van der Waals surface area contributed by atoms with Gasteiger partial charge in [-0.05, 0) is 48.6 Å². The second kappa shape index (κ2) is 8.65. The van der Waals surface area contributed by atoms with Crippen molar-refractivity contribution in [2.24, 2.45) is 11.8 Å². The predicted molar refractivity (Wildman–Crippen MR) is 129 cm³/mol. The molecule has 3 aliphatic rings. The number of amides is 3. The van der Waals surface area contributed by atoms with Crippen LogP contribution in [0.2, 0.25) is 0 Å². The molecule has 3 aliphatic heterocycles. The van der Waals surface area contributed by atoms with Crippen molar-refractivity contribution < 1.29 is 19.5 Å². The first-order valence-electron chi connectivity index (χ1n) is 11.6. The summed E-state index contributed by atoms with van der Waals surface area (Å²) < 4.78 is -0.584. The van der Waals surface area contributed by atoms with Crippen molar-refractivity contribution in [2.75, 3.05) is 25.5 Å². The highest BCUT2D eigenvalue weighted by Gasteiger charge is 2.73. The number of benzene rings is 2. The Morgan fingerprint density at radius 1 is 1.15 bits per heavy atom. The van der Waals surface area contributed by atoms with Crippen molar-refractivity contribution in [2.45, 2.75) is 41.7 Å². The van der Waals surface area contributed by atoms with Crippen LogP contribution in [0.4, 0.5) is 5.69 Å². The lowest BCUT2D eigenvalue weighted by Crippen LogP contribution is -2.51. The summed E-state index contributed by atoms with van der Waals surface area (Å²) >= 11 is 1.66. The van der Waals surface area contributed by atoms with Crippen molar-refractivity contribution in [1.82, 2.24) is 10.2 Å².